The first-order valence-electron chi connectivity index (χ1n) is 14.7. The Morgan fingerprint density at radius 1 is 1.07 bits per heavy atom. The number of nitrogens with zero attached hydrogens (tertiary/aromatic N) is 1. The average molecular weight is 545 g/mol. The minimum absolute atomic E-state index is 0.0603. The molecule has 3 fully saturated rings. The first-order chi connectivity index (χ1) is 19.3. The lowest BCUT2D eigenvalue weighted by molar-refractivity contribution is -0.145. The van der Waals surface area contributed by atoms with Gasteiger partial charge >= 0.3 is 0 Å². The number of para-hydroxylation sites is 1. The van der Waals surface area contributed by atoms with Gasteiger partial charge in [-0.2, -0.15) is 0 Å². The van der Waals surface area contributed by atoms with Gasteiger partial charge in [0.1, 0.15) is 18.0 Å². The lowest BCUT2D eigenvalue weighted by Gasteiger charge is -2.61. The molecule has 0 saturated heterocycles. The molecule has 0 spiro atoms. The van der Waals surface area contributed by atoms with E-state index in [0.717, 1.165) is 29.9 Å². The van der Waals surface area contributed by atoms with Crippen LogP contribution in [-0.2, 0) is 16.0 Å². The van der Waals surface area contributed by atoms with Crippen molar-refractivity contribution >= 4 is 11.8 Å². The second-order valence-electron chi connectivity index (χ2n) is 12.6. The van der Waals surface area contributed by atoms with E-state index in [4.69, 9.17) is 4.74 Å². The summed E-state index contributed by atoms with van der Waals surface area (Å²) in [6.07, 6.45) is 3.75. The van der Waals surface area contributed by atoms with Crippen LogP contribution in [0.3, 0.4) is 0 Å². The van der Waals surface area contributed by atoms with Crippen LogP contribution in [0.1, 0.15) is 50.2 Å². The molecule has 4 aliphatic carbocycles. The highest BCUT2D eigenvalue weighted by atomic mass is 16.5. The van der Waals surface area contributed by atoms with Gasteiger partial charge < -0.3 is 25.2 Å². The van der Waals surface area contributed by atoms with E-state index < -0.39 is 24.2 Å². The quantitative estimate of drug-likeness (QED) is 0.473. The Balaban J connectivity index is 1.37. The van der Waals surface area contributed by atoms with Crippen LogP contribution in [-0.4, -0.2) is 64.9 Å². The Hall–Kier alpha value is -3.16. The van der Waals surface area contributed by atoms with Gasteiger partial charge in [-0.05, 0) is 60.1 Å². The number of ether oxygens (including phenoxy) is 1. The molecule has 2 aromatic rings. The first-order valence-corrected chi connectivity index (χ1v) is 14.7. The standard InChI is InChI=1S/C33H40N2O5/c1-33(2)22-13-12-21(25(33)17-22)19-35(28(37)16-20-8-4-3-5-9-20)26-18-24(32(39)34-14-15-36)29-23-10-6-7-11-27(23)40-31(29)30(26)38/h3-11,18,21-22,25-26,29-31,36,38H,12-17,19H2,1-2H3,(H,34,39). The molecule has 5 aliphatic rings. The summed E-state index contributed by atoms with van der Waals surface area (Å²) in [4.78, 5) is 29.4. The van der Waals surface area contributed by atoms with Crippen LogP contribution in [0.2, 0.25) is 0 Å². The number of carbonyl (C=O) groups excluding carboxylic acids is 2. The van der Waals surface area contributed by atoms with Gasteiger partial charge in [0.05, 0.1) is 25.0 Å². The molecular formula is C33H40N2O5. The van der Waals surface area contributed by atoms with Crippen LogP contribution in [0.5, 0.6) is 5.75 Å². The molecular weight excluding hydrogens is 504 g/mol. The molecule has 7 rings (SSSR count). The maximum absolute atomic E-state index is 14.1. The summed E-state index contributed by atoms with van der Waals surface area (Å²) in [5.74, 6) is 1.45. The third kappa shape index (κ3) is 4.63. The molecule has 7 unspecified atom stereocenters. The Morgan fingerprint density at radius 3 is 2.55 bits per heavy atom. The van der Waals surface area contributed by atoms with E-state index in [1.54, 1.807) is 6.08 Å². The van der Waals surface area contributed by atoms with E-state index in [1.165, 1.54) is 6.42 Å². The van der Waals surface area contributed by atoms with E-state index in [-0.39, 0.29) is 36.8 Å². The van der Waals surface area contributed by atoms with Gasteiger partial charge in [0, 0.05) is 24.2 Å². The molecule has 3 N–H and O–H groups in total. The number of nitrogens with one attached hydrogen (secondary N) is 1. The highest BCUT2D eigenvalue weighted by Crippen LogP contribution is 2.61. The number of aliphatic hydroxyl groups excluding tert-OH is 2. The van der Waals surface area contributed by atoms with E-state index >= 15 is 0 Å². The zero-order chi connectivity index (χ0) is 28.0. The highest BCUT2D eigenvalue weighted by molar-refractivity contribution is 5.96. The van der Waals surface area contributed by atoms with E-state index in [0.29, 0.717) is 29.7 Å². The van der Waals surface area contributed by atoms with Crippen molar-refractivity contribution in [3.8, 4) is 5.75 Å². The minimum atomic E-state index is -1.00. The van der Waals surface area contributed by atoms with Crippen molar-refractivity contribution in [1.29, 1.82) is 0 Å². The van der Waals surface area contributed by atoms with Crippen LogP contribution < -0.4 is 10.1 Å². The molecule has 40 heavy (non-hydrogen) atoms. The smallest absolute Gasteiger partial charge is 0.247 e. The molecule has 2 amide bonds. The van der Waals surface area contributed by atoms with Gasteiger partial charge in [-0.25, -0.2) is 0 Å². The maximum Gasteiger partial charge on any atom is 0.247 e. The largest absolute Gasteiger partial charge is 0.486 e. The summed E-state index contributed by atoms with van der Waals surface area (Å²) >= 11 is 0. The van der Waals surface area contributed by atoms with E-state index in [2.05, 4.69) is 19.2 Å². The van der Waals surface area contributed by atoms with Crippen molar-refractivity contribution in [2.75, 3.05) is 19.7 Å². The minimum Gasteiger partial charge on any atom is -0.486 e. The van der Waals surface area contributed by atoms with Crippen molar-refractivity contribution in [1.82, 2.24) is 10.2 Å². The normalized spacial score (nSPS) is 31.1. The molecule has 7 heteroatoms. The lowest BCUT2D eigenvalue weighted by atomic mass is 9.45. The maximum atomic E-state index is 14.1. The van der Waals surface area contributed by atoms with Gasteiger partial charge in [-0.3, -0.25) is 9.59 Å². The zero-order valence-corrected chi connectivity index (χ0v) is 23.3. The van der Waals surface area contributed by atoms with E-state index in [1.807, 2.05) is 59.5 Å². The van der Waals surface area contributed by atoms with Crippen LogP contribution in [0, 0.1) is 23.2 Å². The molecule has 1 aliphatic heterocycles. The third-order valence-electron chi connectivity index (χ3n) is 10.2. The summed E-state index contributed by atoms with van der Waals surface area (Å²) in [7, 11) is 0. The summed E-state index contributed by atoms with van der Waals surface area (Å²) < 4.78 is 6.28. The average Bonchev–Trinajstić information content (AvgIpc) is 3.36. The number of hydrogen-bond donors (Lipinski definition) is 3. The third-order valence-corrected chi connectivity index (χ3v) is 10.2. The van der Waals surface area contributed by atoms with Crippen molar-refractivity contribution in [2.45, 2.75) is 63.7 Å². The summed E-state index contributed by atoms with van der Waals surface area (Å²) in [5.41, 5.74) is 2.51. The van der Waals surface area contributed by atoms with Gasteiger partial charge in [0.15, 0.2) is 0 Å². The fraction of sp³-hybridized carbons (Fsp3) is 0.515. The van der Waals surface area contributed by atoms with Crippen molar-refractivity contribution < 1.29 is 24.5 Å². The monoisotopic (exact) mass is 544 g/mol. The van der Waals surface area contributed by atoms with Crippen molar-refractivity contribution in [3.05, 3.63) is 77.4 Å². The summed E-state index contributed by atoms with van der Waals surface area (Å²) in [6, 6.07) is 16.5. The molecule has 7 nitrogen and oxygen atoms in total. The molecule has 7 atom stereocenters. The Kier molecular flexibility index (Phi) is 7.21. The van der Waals surface area contributed by atoms with Crippen LogP contribution in [0.15, 0.2) is 66.2 Å². The van der Waals surface area contributed by atoms with Gasteiger partial charge in [-0.1, -0.05) is 62.4 Å². The van der Waals surface area contributed by atoms with Gasteiger partial charge in [-0.15, -0.1) is 0 Å². The summed E-state index contributed by atoms with van der Waals surface area (Å²) in [6.45, 7) is 5.19. The molecule has 2 aromatic carbocycles. The van der Waals surface area contributed by atoms with Crippen molar-refractivity contribution in [2.24, 2.45) is 23.2 Å². The molecule has 1 heterocycles. The predicted molar refractivity (Wildman–Crippen MR) is 152 cm³/mol. The number of aliphatic hydroxyl groups is 2. The second-order valence-corrected chi connectivity index (χ2v) is 12.6. The predicted octanol–water partition coefficient (Wildman–Crippen LogP) is 3.45. The Bertz CT molecular complexity index is 1290. The SMILES string of the molecule is CC1(C)C2CCC(CN(C(=O)Cc3ccccc3)C3C=C(C(=O)NCCO)C4c5ccccc5OC4C3O)C1C2. The number of fused-ring (bicyclic) bond motifs is 5. The molecule has 2 bridgehead atoms. The van der Waals surface area contributed by atoms with E-state index in [9.17, 15) is 19.8 Å². The fourth-order valence-electron chi connectivity index (χ4n) is 7.89. The highest BCUT2D eigenvalue weighted by Gasteiger charge is 2.56. The zero-order valence-electron chi connectivity index (χ0n) is 23.3. The number of hydrogen-bond acceptors (Lipinski definition) is 5. The van der Waals surface area contributed by atoms with Crippen molar-refractivity contribution in [3.63, 3.8) is 0 Å². The van der Waals surface area contributed by atoms with Crippen LogP contribution in [0.4, 0.5) is 0 Å². The molecule has 212 valence electrons. The molecule has 0 radical (unpaired) electrons. The van der Waals surface area contributed by atoms with Gasteiger partial charge in [0.2, 0.25) is 11.8 Å². The van der Waals surface area contributed by atoms with Crippen LogP contribution in [0.25, 0.3) is 0 Å². The van der Waals surface area contributed by atoms with Gasteiger partial charge in [0.25, 0.3) is 0 Å². The number of rotatable bonds is 8. The van der Waals surface area contributed by atoms with Crippen LogP contribution >= 0.6 is 0 Å². The molecule has 0 aromatic heterocycles. The number of carbonyl (C=O) groups is 2. The number of amides is 2. The first kappa shape index (κ1) is 27.0. The Labute approximate surface area is 236 Å². The summed E-state index contributed by atoms with van der Waals surface area (Å²) in [5, 5.41) is 24.0. The second kappa shape index (κ2) is 10.7. The fourth-order valence-corrected chi connectivity index (χ4v) is 7.89. The Morgan fingerprint density at radius 2 is 1.82 bits per heavy atom. The molecule has 3 saturated carbocycles. The lowest BCUT2D eigenvalue weighted by Crippen LogP contribution is -2.60. The topological polar surface area (TPSA) is 99.1 Å². The number of benzene rings is 2.